The maximum atomic E-state index is 11.6. The van der Waals surface area contributed by atoms with Crippen LogP contribution >= 0.6 is 34.4 Å². The molecule has 0 atom stereocenters. The van der Waals surface area contributed by atoms with Crippen LogP contribution in [0.3, 0.4) is 0 Å². The van der Waals surface area contributed by atoms with E-state index in [-0.39, 0.29) is 0 Å². The number of thioether (sulfide) groups is 1. The van der Waals surface area contributed by atoms with E-state index >= 15 is 0 Å². The third-order valence-electron chi connectivity index (χ3n) is 4.45. The van der Waals surface area contributed by atoms with E-state index in [1.54, 1.807) is 34.4 Å². The number of unbranched alkanes of at least 4 members (excludes halogenated alkanes) is 1. The number of carbonyl (C=O) groups is 1. The zero-order valence-corrected chi connectivity index (χ0v) is 18.3. The van der Waals surface area contributed by atoms with E-state index in [2.05, 4.69) is 36.5 Å². The van der Waals surface area contributed by atoms with E-state index in [9.17, 15) is 9.90 Å². The van der Waals surface area contributed by atoms with Crippen LogP contribution in [0.15, 0.2) is 58.1 Å². The second kappa shape index (κ2) is 8.98. The van der Waals surface area contributed by atoms with Crippen LogP contribution in [0.5, 0.6) is 0 Å². The number of nitrogens with one attached hydrogen (secondary N) is 1. The normalized spacial score (nSPS) is 11.1. The summed E-state index contributed by atoms with van der Waals surface area (Å²) in [6.45, 7) is 2.16. The Morgan fingerprint density at radius 3 is 2.72 bits per heavy atom. The fraction of sp³-hybridized carbons (Fsp3) is 0.182. The lowest BCUT2D eigenvalue weighted by atomic mass is 10.0. The number of rotatable bonds is 7. The highest BCUT2D eigenvalue weighted by atomic mass is 32.2. The van der Waals surface area contributed by atoms with Gasteiger partial charge in [-0.2, -0.15) is 0 Å². The van der Waals surface area contributed by atoms with Crippen LogP contribution in [0.1, 0.15) is 19.8 Å². The first kappa shape index (κ1) is 19.9. The predicted octanol–water partition coefficient (Wildman–Crippen LogP) is 7.67. The van der Waals surface area contributed by atoms with Gasteiger partial charge in [0.2, 0.25) is 0 Å². The molecule has 3 aromatic heterocycles. The summed E-state index contributed by atoms with van der Waals surface area (Å²) in [7, 11) is 0. The van der Waals surface area contributed by atoms with Crippen LogP contribution in [-0.2, 0) is 0 Å². The number of amides is 1. The number of hydrogen-bond donors (Lipinski definition) is 2. The van der Waals surface area contributed by atoms with Crippen molar-refractivity contribution in [2.75, 3.05) is 11.1 Å². The number of fused-ring (bicyclic) bond motifs is 1. The van der Waals surface area contributed by atoms with Crippen LogP contribution in [-0.4, -0.2) is 21.9 Å². The number of hydrogen-bond acceptors (Lipinski definition) is 5. The van der Waals surface area contributed by atoms with Gasteiger partial charge >= 0.3 is 6.09 Å². The van der Waals surface area contributed by atoms with Crippen LogP contribution < -0.4 is 5.32 Å². The van der Waals surface area contributed by atoms with Gasteiger partial charge < -0.3 is 5.11 Å². The molecule has 0 unspecified atom stereocenters. The summed E-state index contributed by atoms with van der Waals surface area (Å²) in [5.41, 5.74) is 3.62. The molecule has 4 nitrogen and oxygen atoms in total. The molecule has 0 saturated heterocycles. The minimum Gasteiger partial charge on any atom is -0.465 e. The molecule has 0 aliphatic carbocycles. The first-order chi connectivity index (χ1) is 14.2. The molecule has 1 aromatic carbocycles. The highest BCUT2D eigenvalue weighted by molar-refractivity contribution is 8.01. The van der Waals surface area contributed by atoms with E-state index < -0.39 is 6.09 Å². The van der Waals surface area contributed by atoms with Gasteiger partial charge in [0.25, 0.3) is 0 Å². The van der Waals surface area contributed by atoms with E-state index in [1.807, 2.05) is 29.6 Å². The fourth-order valence-electron chi connectivity index (χ4n) is 3.11. The second-order valence-electron chi connectivity index (χ2n) is 6.48. The molecule has 4 rings (SSSR count). The first-order valence-corrected chi connectivity index (χ1v) is 12.0. The number of aromatic nitrogens is 1. The van der Waals surface area contributed by atoms with E-state index in [0.717, 1.165) is 54.7 Å². The van der Waals surface area contributed by atoms with Crippen molar-refractivity contribution in [3.05, 3.63) is 53.9 Å². The van der Waals surface area contributed by atoms with Crippen LogP contribution in [0, 0.1) is 0 Å². The molecule has 0 spiro atoms. The molecule has 3 heterocycles. The lowest BCUT2D eigenvalue weighted by molar-refractivity contribution is 0.209. The maximum Gasteiger partial charge on any atom is 0.409 e. The van der Waals surface area contributed by atoms with Crippen LogP contribution in [0.4, 0.5) is 10.5 Å². The molecule has 4 aromatic rings. The van der Waals surface area contributed by atoms with Crippen molar-refractivity contribution in [2.45, 2.75) is 24.0 Å². The molecule has 148 valence electrons. The highest BCUT2D eigenvalue weighted by Crippen LogP contribution is 2.47. The largest absolute Gasteiger partial charge is 0.465 e. The van der Waals surface area contributed by atoms with Gasteiger partial charge in [0.15, 0.2) is 0 Å². The van der Waals surface area contributed by atoms with Crippen molar-refractivity contribution in [3.8, 4) is 21.7 Å². The van der Waals surface area contributed by atoms with Crippen molar-refractivity contribution in [2.24, 2.45) is 0 Å². The van der Waals surface area contributed by atoms with Crippen LogP contribution in [0.25, 0.3) is 31.9 Å². The molecule has 0 aliphatic heterocycles. The van der Waals surface area contributed by atoms with Gasteiger partial charge in [-0.05, 0) is 40.8 Å². The van der Waals surface area contributed by atoms with Crippen molar-refractivity contribution in [1.82, 2.24) is 4.98 Å². The standard InChI is InChI=1S/C22H20N2O2S3/c1-2-3-11-28-21-19(24-22(25)26)18-15(14-8-5-4-6-9-14)13-16(23-20(18)29-21)17-10-7-12-27-17/h4-10,12-13,24H,2-3,11H2,1H3,(H,25,26). The monoisotopic (exact) mass is 440 g/mol. The average Bonchev–Trinajstić information content (AvgIpc) is 3.37. The Morgan fingerprint density at radius 1 is 1.21 bits per heavy atom. The first-order valence-electron chi connectivity index (χ1n) is 9.37. The smallest absolute Gasteiger partial charge is 0.409 e. The fourth-order valence-corrected chi connectivity index (χ4v) is 6.32. The molecule has 0 bridgehead atoms. The minimum atomic E-state index is -1.05. The van der Waals surface area contributed by atoms with E-state index in [1.165, 1.54) is 0 Å². The Hall–Kier alpha value is -2.35. The molecule has 29 heavy (non-hydrogen) atoms. The molecule has 0 fully saturated rings. The van der Waals surface area contributed by atoms with Gasteiger partial charge in [0, 0.05) is 5.39 Å². The Kier molecular flexibility index (Phi) is 6.18. The number of pyridine rings is 1. The SMILES string of the molecule is CCCCSc1sc2nc(-c3cccs3)cc(-c3ccccc3)c2c1NC(=O)O. The van der Waals surface area contributed by atoms with Gasteiger partial charge in [0.05, 0.1) is 20.5 Å². The average molecular weight is 441 g/mol. The Labute approximate surface area is 181 Å². The second-order valence-corrected chi connectivity index (χ2v) is 9.79. The van der Waals surface area contributed by atoms with E-state index in [4.69, 9.17) is 4.98 Å². The van der Waals surface area contributed by atoms with E-state index in [0.29, 0.717) is 5.69 Å². The van der Waals surface area contributed by atoms with Crippen LogP contribution in [0.2, 0.25) is 0 Å². The summed E-state index contributed by atoms with van der Waals surface area (Å²) >= 11 is 4.92. The molecule has 2 N–H and O–H groups in total. The maximum absolute atomic E-state index is 11.6. The zero-order valence-electron chi connectivity index (χ0n) is 15.8. The van der Waals surface area contributed by atoms with Gasteiger partial charge in [-0.3, -0.25) is 5.32 Å². The molecule has 7 heteroatoms. The number of anilines is 1. The van der Waals surface area contributed by atoms with Crippen molar-refractivity contribution in [1.29, 1.82) is 0 Å². The highest BCUT2D eigenvalue weighted by Gasteiger charge is 2.21. The number of benzene rings is 1. The summed E-state index contributed by atoms with van der Waals surface area (Å²) in [6.07, 6.45) is 1.14. The van der Waals surface area contributed by atoms with Crippen molar-refractivity contribution < 1.29 is 9.90 Å². The quantitative estimate of drug-likeness (QED) is 0.228. The Bertz CT molecular complexity index is 1120. The number of thiophene rings is 2. The Morgan fingerprint density at radius 2 is 2.03 bits per heavy atom. The molecule has 0 saturated carbocycles. The summed E-state index contributed by atoms with van der Waals surface area (Å²) in [6, 6.07) is 16.3. The lowest BCUT2D eigenvalue weighted by Gasteiger charge is -2.10. The zero-order chi connectivity index (χ0) is 20.2. The van der Waals surface area contributed by atoms with Gasteiger partial charge in [-0.25, -0.2) is 9.78 Å². The molecule has 1 amide bonds. The third kappa shape index (κ3) is 4.32. The molecule has 0 radical (unpaired) electrons. The van der Waals surface area contributed by atoms with Gasteiger partial charge in [-0.15, -0.1) is 34.4 Å². The molecular weight excluding hydrogens is 420 g/mol. The third-order valence-corrected chi connectivity index (χ3v) is 7.78. The summed E-state index contributed by atoms with van der Waals surface area (Å²) in [5.74, 6) is 0.954. The number of nitrogens with zero attached hydrogens (tertiary/aromatic N) is 1. The summed E-state index contributed by atoms with van der Waals surface area (Å²) in [5, 5.41) is 15.0. The van der Waals surface area contributed by atoms with Gasteiger partial charge in [-0.1, -0.05) is 49.7 Å². The van der Waals surface area contributed by atoms with Gasteiger partial charge in [0.1, 0.15) is 4.83 Å². The Balaban J connectivity index is 1.96. The number of carboxylic acid groups (broad SMARTS) is 1. The minimum absolute atomic E-state index is 0.655. The van der Waals surface area contributed by atoms with Crippen molar-refractivity contribution >= 4 is 56.4 Å². The lowest BCUT2D eigenvalue weighted by Crippen LogP contribution is -2.07. The summed E-state index contributed by atoms with van der Waals surface area (Å²) < 4.78 is 0.976. The molecule has 0 aliphatic rings. The summed E-state index contributed by atoms with van der Waals surface area (Å²) in [4.78, 5) is 18.4. The topological polar surface area (TPSA) is 62.2 Å². The predicted molar refractivity (Wildman–Crippen MR) is 126 cm³/mol. The molecular formula is C22H20N2O2S3. The van der Waals surface area contributed by atoms with Crippen molar-refractivity contribution in [3.63, 3.8) is 0 Å².